The molecule has 0 fully saturated rings. The van der Waals surface area contributed by atoms with E-state index in [9.17, 15) is 9.59 Å². The van der Waals surface area contributed by atoms with Crippen LogP contribution in [0.4, 0.5) is 5.00 Å². The third kappa shape index (κ3) is 4.58. The highest BCUT2D eigenvalue weighted by molar-refractivity contribution is 7.17. The maximum absolute atomic E-state index is 13.7. The summed E-state index contributed by atoms with van der Waals surface area (Å²) in [5, 5.41) is 4.36. The van der Waals surface area contributed by atoms with Crippen molar-refractivity contribution in [2.45, 2.75) is 33.1 Å². The Kier molecular flexibility index (Phi) is 6.74. The molecule has 4 aromatic rings. The van der Waals surface area contributed by atoms with Gasteiger partial charge in [0.1, 0.15) is 10.8 Å². The summed E-state index contributed by atoms with van der Waals surface area (Å²) in [5.74, 6) is 0.599. The van der Waals surface area contributed by atoms with E-state index in [1.165, 1.54) is 11.3 Å². The number of nitrogens with zero attached hydrogens (tertiary/aromatic N) is 1. The van der Waals surface area contributed by atoms with E-state index in [0.717, 1.165) is 40.7 Å². The number of carbonyl (C=O) groups is 2. The molecule has 5 rings (SSSR count). The zero-order valence-electron chi connectivity index (χ0n) is 20.6. The van der Waals surface area contributed by atoms with Crippen molar-refractivity contribution in [3.05, 3.63) is 76.2 Å². The average molecular weight is 501 g/mol. The predicted molar refractivity (Wildman–Crippen MR) is 143 cm³/mol. The highest BCUT2D eigenvalue weighted by atomic mass is 32.1. The van der Waals surface area contributed by atoms with Crippen LogP contribution in [0.3, 0.4) is 0 Å². The minimum atomic E-state index is -0.378. The summed E-state index contributed by atoms with van der Waals surface area (Å²) in [6, 6.07) is 17.0. The van der Waals surface area contributed by atoms with E-state index >= 15 is 0 Å². The first-order valence-corrected chi connectivity index (χ1v) is 13.0. The topological polar surface area (TPSA) is 77.5 Å². The molecule has 2 heterocycles. The number of benzene rings is 2. The number of aromatic nitrogens is 1. The van der Waals surface area contributed by atoms with Gasteiger partial charge in [0.15, 0.2) is 0 Å². The lowest BCUT2D eigenvalue weighted by molar-refractivity contribution is 0.0526. The Bertz CT molecular complexity index is 1460. The van der Waals surface area contributed by atoms with Crippen LogP contribution in [0.15, 0.2) is 54.6 Å². The molecule has 1 aliphatic rings. The van der Waals surface area contributed by atoms with Crippen molar-refractivity contribution in [2.24, 2.45) is 5.92 Å². The number of hydrogen-bond acceptors (Lipinski definition) is 6. The third-order valence-electron chi connectivity index (χ3n) is 6.54. The van der Waals surface area contributed by atoms with Crippen molar-refractivity contribution in [2.75, 3.05) is 19.0 Å². The van der Waals surface area contributed by atoms with Gasteiger partial charge in [-0.3, -0.25) is 4.79 Å². The van der Waals surface area contributed by atoms with E-state index in [1.54, 1.807) is 20.1 Å². The van der Waals surface area contributed by atoms with E-state index in [2.05, 4.69) is 12.2 Å². The number of carbonyl (C=O) groups excluding carboxylic acids is 2. The van der Waals surface area contributed by atoms with E-state index in [4.69, 9.17) is 14.5 Å². The summed E-state index contributed by atoms with van der Waals surface area (Å²) in [4.78, 5) is 32.6. The molecule has 0 saturated heterocycles. The third-order valence-corrected chi connectivity index (χ3v) is 7.71. The van der Waals surface area contributed by atoms with Gasteiger partial charge >= 0.3 is 5.97 Å². The first-order valence-electron chi connectivity index (χ1n) is 12.2. The average Bonchev–Trinajstić information content (AvgIpc) is 3.24. The van der Waals surface area contributed by atoms with Gasteiger partial charge in [0.25, 0.3) is 5.91 Å². The Labute approximate surface area is 214 Å². The summed E-state index contributed by atoms with van der Waals surface area (Å²) in [7, 11) is 1.62. The standard InChI is InChI=1S/C29H28N2O4S/c1-4-35-29(33)26-21-13-12-17(2)14-25(21)36-28(26)31-27(32)22-16-24(18-8-7-9-19(15-18)34-3)30-23-11-6-5-10-20(22)23/h5-11,15-17H,4,12-14H2,1-3H3,(H,31,32). The maximum atomic E-state index is 13.7. The number of amides is 1. The number of anilines is 1. The van der Waals surface area contributed by atoms with Gasteiger partial charge in [-0.05, 0) is 61.9 Å². The monoisotopic (exact) mass is 500 g/mol. The molecule has 1 N–H and O–H groups in total. The summed E-state index contributed by atoms with van der Waals surface area (Å²) in [5.41, 5.74) is 4.25. The van der Waals surface area contributed by atoms with Crippen molar-refractivity contribution in [3.63, 3.8) is 0 Å². The number of esters is 1. The van der Waals surface area contributed by atoms with Gasteiger partial charge in [-0.15, -0.1) is 11.3 Å². The molecule has 36 heavy (non-hydrogen) atoms. The van der Waals surface area contributed by atoms with Crippen LogP contribution in [-0.2, 0) is 17.6 Å². The summed E-state index contributed by atoms with van der Waals surface area (Å²) >= 11 is 1.49. The normalized spacial score (nSPS) is 14.8. The second-order valence-corrected chi connectivity index (χ2v) is 10.1. The molecule has 184 valence electrons. The van der Waals surface area contributed by atoms with Gasteiger partial charge in [-0.1, -0.05) is 37.3 Å². The summed E-state index contributed by atoms with van der Waals surface area (Å²) in [6.07, 6.45) is 2.73. The number of pyridine rings is 1. The number of ether oxygens (including phenoxy) is 2. The van der Waals surface area contributed by atoms with E-state index in [1.807, 2.05) is 48.5 Å². The Morgan fingerprint density at radius 1 is 1.14 bits per heavy atom. The van der Waals surface area contributed by atoms with E-state index < -0.39 is 0 Å². The molecule has 1 unspecified atom stereocenters. The predicted octanol–water partition coefficient (Wildman–Crippen LogP) is 6.53. The number of nitrogens with one attached hydrogen (secondary N) is 1. The fourth-order valence-electron chi connectivity index (χ4n) is 4.72. The number of fused-ring (bicyclic) bond motifs is 2. The molecule has 0 spiro atoms. The lowest BCUT2D eigenvalue weighted by Crippen LogP contribution is -2.17. The smallest absolute Gasteiger partial charge is 0.341 e. The van der Waals surface area contributed by atoms with Crippen LogP contribution in [0, 0.1) is 5.92 Å². The van der Waals surface area contributed by atoms with Crippen LogP contribution in [-0.4, -0.2) is 30.6 Å². The molecular formula is C29H28N2O4S. The fraction of sp³-hybridized carbons (Fsp3) is 0.276. The lowest BCUT2D eigenvalue weighted by Gasteiger charge is -2.18. The molecule has 0 aliphatic heterocycles. The number of hydrogen-bond donors (Lipinski definition) is 1. The minimum Gasteiger partial charge on any atom is -0.497 e. The molecule has 6 nitrogen and oxygen atoms in total. The van der Waals surface area contributed by atoms with Gasteiger partial charge < -0.3 is 14.8 Å². The number of rotatable bonds is 6. The Balaban J connectivity index is 1.58. The van der Waals surface area contributed by atoms with Crippen molar-refractivity contribution in [3.8, 4) is 17.0 Å². The molecule has 0 radical (unpaired) electrons. The Hall–Kier alpha value is -3.71. The molecule has 1 atom stereocenters. The number of methoxy groups -OCH3 is 1. The van der Waals surface area contributed by atoms with Crippen LogP contribution in [0.2, 0.25) is 0 Å². The molecule has 1 aliphatic carbocycles. The fourth-order valence-corrected chi connectivity index (χ4v) is 6.12. The van der Waals surface area contributed by atoms with E-state index in [-0.39, 0.29) is 18.5 Å². The van der Waals surface area contributed by atoms with Gasteiger partial charge in [-0.25, -0.2) is 9.78 Å². The Morgan fingerprint density at radius 2 is 1.97 bits per heavy atom. The molecule has 2 aromatic carbocycles. The van der Waals surface area contributed by atoms with Gasteiger partial charge in [0.05, 0.1) is 36.1 Å². The number of para-hydroxylation sites is 1. The van der Waals surface area contributed by atoms with Gasteiger partial charge in [-0.2, -0.15) is 0 Å². The molecule has 0 bridgehead atoms. The highest BCUT2D eigenvalue weighted by Crippen LogP contribution is 2.40. The Morgan fingerprint density at radius 3 is 2.78 bits per heavy atom. The van der Waals surface area contributed by atoms with Gasteiger partial charge in [0, 0.05) is 15.8 Å². The minimum absolute atomic E-state index is 0.282. The van der Waals surface area contributed by atoms with Crippen molar-refractivity contribution in [1.82, 2.24) is 4.98 Å². The molecular weight excluding hydrogens is 472 g/mol. The molecule has 7 heteroatoms. The maximum Gasteiger partial charge on any atom is 0.341 e. The highest BCUT2D eigenvalue weighted by Gasteiger charge is 2.29. The zero-order chi connectivity index (χ0) is 25.2. The zero-order valence-corrected chi connectivity index (χ0v) is 21.4. The second kappa shape index (κ2) is 10.1. The second-order valence-electron chi connectivity index (χ2n) is 9.03. The summed E-state index contributed by atoms with van der Waals surface area (Å²) in [6.45, 7) is 4.29. The van der Waals surface area contributed by atoms with Crippen LogP contribution in [0.1, 0.15) is 51.4 Å². The van der Waals surface area contributed by atoms with Crippen LogP contribution in [0.5, 0.6) is 5.75 Å². The molecule has 2 aromatic heterocycles. The van der Waals surface area contributed by atoms with Crippen LogP contribution >= 0.6 is 11.3 Å². The number of thiophene rings is 1. The summed E-state index contributed by atoms with van der Waals surface area (Å²) < 4.78 is 10.7. The van der Waals surface area contributed by atoms with E-state index in [0.29, 0.717) is 39.0 Å². The van der Waals surface area contributed by atoms with Crippen LogP contribution < -0.4 is 10.1 Å². The van der Waals surface area contributed by atoms with Crippen molar-refractivity contribution >= 4 is 39.1 Å². The van der Waals surface area contributed by atoms with Crippen molar-refractivity contribution in [1.29, 1.82) is 0 Å². The first kappa shape index (κ1) is 24.0. The molecule has 1 amide bonds. The molecule has 0 saturated carbocycles. The first-order chi connectivity index (χ1) is 17.5. The SMILES string of the molecule is CCOC(=O)c1c(NC(=O)c2cc(-c3cccc(OC)c3)nc3ccccc23)sc2c1CCC(C)C2. The van der Waals surface area contributed by atoms with Crippen LogP contribution in [0.25, 0.3) is 22.2 Å². The van der Waals surface area contributed by atoms with Gasteiger partial charge in [0.2, 0.25) is 0 Å². The largest absolute Gasteiger partial charge is 0.497 e. The quantitative estimate of drug-likeness (QED) is 0.305. The lowest BCUT2D eigenvalue weighted by atomic mass is 9.88. The van der Waals surface area contributed by atoms with Crippen molar-refractivity contribution < 1.29 is 19.1 Å².